The molecule has 0 unspecified atom stereocenters. The first kappa shape index (κ1) is 14.1. The molecule has 0 aliphatic carbocycles. The Morgan fingerprint density at radius 1 is 1.09 bits per heavy atom. The van der Waals surface area contributed by atoms with E-state index in [1.54, 1.807) is 36.4 Å². The minimum absolute atomic E-state index is 0.177. The number of benzene rings is 3. The molecule has 0 bridgehead atoms. The van der Waals surface area contributed by atoms with Gasteiger partial charge in [-0.1, -0.05) is 41.9 Å². The van der Waals surface area contributed by atoms with Crippen LogP contribution in [-0.4, -0.2) is 11.1 Å². The molecule has 0 aromatic heterocycles. The molecule has 0 saturated carbocycles. The van der Waals surface area contributed by atoms with E-state index >= 15 is 0 Å². The average molecular weight is 308 g/mol. The lowest BCUT2D eigenvalue weighted by Gasteiger charge is -2.11. The molecule has 0 radical (unpaired) electrons. The van der Waals surface area contributed by atoms with E-state index in [0.29, 0.717) is 27.1 Å². The van der Waals surface area contributed by atoms with Crippen molar-refractivity contribution in [2.45, 2.75) is 0 Å². The maximum absolute atomic E-state index is 11.2. The first-order valence-corrected chi connectivity index (χ1v) is 6.94. The first-order chi connectivity index (χ1) is 10.6. The number of aromatic carboxylic acids is 1. The summed E-state index contributed by atoms with van der Waals surface area (Å²) in [5, 5.41) is 20.7. The molecule has 4 heteroatoms. The van der Waals surface area contributed by atoms with Crippen LogP contribution in [0.5, 0.6) is 0 Å². The summed E-state index contributed by atoms with van der Waals surface area (Å²) < 4.78 is 0. The fourth-order valence-electron chi connectivity index (χ4n) is 2.50. The van der Waals surface area contributed by atoms with Crippen molar-refractivity contribution in [3.63, 3.8) is 0 Å². The Labute approximate surface area is 132 Å². The summed E-state index contributed by atoms with van der Waals surface area (Å²) in [6, 6.07) is 17.8. The van der Waals surface area contributed by atoms with E-state index in [1.807, 2.05) is 18.2 Å². The van der Waals surface area contributed by atoms with Gasteiger partial charge in [0.1, 0.15) is 0 Å². The summed E-state index contributed by atoms with van der Waals surface area (Å²) >= 11 is 6.26. The Kier molecular flexibility index (Phi) is 3.54. The zero-order valence-corrected chi connectivity index (χ0v) is 12.1. The van der Waals surface area contributed by atoms with Gasteiger partial charge in [0.2, 0.25) is 0 Å². The quantitative estimate of drug-likeness (QED) is 0.744. The summed E-state index contributed by atoms with van der Waals surface area (Å²) in [5.74, 6) is -1.01. The predicted molar refractivity (Wildman–Crippen MR) is 86.1 cm³/mol. The van der Waals surface area contributed by atoms with Gasteiger partial charge in [0.05, 0.1) is 17.2 Å². The molecule has 0 spiro atoms. The number of rotatable bonds is 2. The van der Waals surface area contributed by atoms with Gasteiger partial charge in [-0.15, -0.1) is 0 Å². The van der Waals surface area contributed by atoms with Crippen molar-refractivity contribution in [1.82, 2.24) is 0 Å². The van der Waals surface area contributed by atoms with E-state index in [-0.39, 0.29) is 5.56 Å². The molecule has 0 saturated heterocycles. The summed E-state index contributed by atoms with van der Waals surface area (Å²) in [5.41, 5.74) is 2.02. The number of fused-ring (bicyclic) bond motifs is 1. The zero-order valence-electron chi connectivity index (χ0n) is 11.4. The number of carboxylic acids is 1. The lowest BCUT2D eigenvalue weighted by molar-refractivity contribution is 0.0697. The van der Waals surface area contributed by atoms with Gasteiger partial charge in [-0.2, -0.15) is 5.26 Å². The predicted octanol–water partition coefficient (Wildman–Crippen LogP) is 4.73. The molecule has 3 aromatic carbocycles. The molecular formula is C18H10ClNO2. The SMILES string of the molecule is N#Cc1ccc2ccc(C(=O)O)cc2c1-c1ccccc1Cl. The van der Waals surface area contributed by atoms with Crippen molar-refractivity contribution in [2.75, 3.05) is 0 Å². The van der Waals surface area contributed by atoms with Crippen molar-refractivity contribution < 1.29 is 9.90 Å². The highest BCUT2D eigenvalue weighted by molar-refractivity contribution is 6.33. The molecule has 0 heterocycles. The van der Waals surface area contributed by atoms with Crippen LogP contribution in [0.3, 0.4) is 0 Å². The minimum atomic E-state index is -1.01. The normalized spacial score (nSPS) is 10.4. The van der Waals surface area contributed by atoms with Gasteiger partial charge in [0.15, 0.2) is 0 Å². The third-order valence-corrected chi connectivity index (χ3v) is 3.86. The molecule has 3 rings (SSSR count). The van der Waals surface area contributed by atoms with Gasteiger partial charge in [-0.05, 0) is 35.0 Å². The molecule has 1 N–H and O–H groups in total. The fourth-order valence-corrected chi connectivity index (χ4v) is 2.73. The van der Waals surface area contributed by atoms with E-state index in [9.17, 15) is 15.2 Å². The average Bonchev–Trinajstić information content (AvgIpc) is 2.54. The van der Waals surface area contributed by atoms with Crippen molar-refractivity contribution in [1.29, 1.82) is 5.26 Å². The van der Waals surface area contributed by atoms with Crippen LogP contribution < -0.4 is 0 Å². The number of halogens is 1. The molecule has 3 nitrogen and oxygen atoms in total. The van der Waals surface area contributed by atoms with Crippen molar-refractivity contribution >= 4 is 28.3 Å². The Hall–Kier alpha value is -2.83. The maximum atomic E-state index is 11.2. The highest BCUT2D eigenvalue weighted by Crippen LogP contribution is 2.36. The molecule has 22 heavy (non-hydrogen) atoms. The fraction of sp³-hybridized carbons (Fsp3) is 0. The highest BCUT2D eigenvalue weighted by Gasteiger charge is 2.14. The van der Waals surface area contributed by atoms with Crippen LogP contribution in [0.1, 0.15) is 15.9 Å². The Morgan fingerprint density at radius 3 is 2.50 bits per heavy atom. The van der Waals surface area contributed by atoms with Crippen LogP contribution in [0.2, 0.25) is 5.02 Å². The summed E-state index contributed by atoms with van der Waals surface area (Å²) in [6.07, 6.45) is 0. The van der Waals surface area contributed by atoms with Gasteiger partial charge in [0.25, 0.3) is 0 Å². The van der Waals surface area contributed by atoms with Gasteiger partial charge in [0, 0.05) is 16.1 Å². The number of carbonyl (C=O) groups is 1. The standard InChI is InChI=1S/C18H10ClNO2/c19-16-4-2-1-3-14(16)17-13(10-20)8-6-11-5-7-12(18(21)22)9-15(11)17/h1-9H,(H,21,22). The molecule has 106 valence electrons. The molecule has 0 fully saturated rings. The number of nitriles is 1. The van der Waals surface area contributed by atoms with Crippen molar-refractivity contribution in [2.24, 2.45) is 0 Å². The monoisotopic (exact) mass is 307 g/mol. The second-order valence-electron chi connectivity index (χ2n) is 4.82. The summed E-state index contributed by atoms with van der Waals surface area (Å²) in [7, 11) is 0. The molecule has 0 aliphatic rings. The lowest BCUT2D eigenvalue weighted by Crippen LogP contribution is -1.96. The molecule has 0 aliphatic heterocycles. The number of hydrogen-bond acceptors (Lipinski definition) is 2. The summed E-state index contributed by atoms with van der Waals surface area (Å²) in [6.45, 7) is 0. The largest absolute Gasteiger partial charge is 0.478 e. The van der Waals surface area contributed by atoms with E-state index in [0.717, 1.165) is 5.39 Å². The topological polar surface area (TPSA) is 61.1 Å². The van der Waals surface area contributed by atoms with E-state index in [4.69, 9.17) is 11.6 Å². The second kappa shape index (κ2) is 5.51. The minimum Gasteiger partial charge on any atom is -0.478 e. The summed E-state index contributed by atoms with van der Waals surface area (Å²) in [4.78, 5) is 11.2. The number of hydrogen-bond donors (Lipinski definition) is 1. The third kappa shape index (κ3) is 2.30. The van der Waals surface area contributed by atoms with E-state index in [2.05, 4.69) is 6.07 Å². The van der Waals surface area contributed by atoms with Crippen LogP contribution in [0.25, 0.3) is 21.9 Å². The molecular weight excluding hydrogens is 298 g/mol. The van der Waals surface area contributed by atoms with Gasteiger partial charge >= 0.3 is 5.97 Å². The lowest BCUT2D eigenvalue weighted by atomic mass is 9.92. The van der Waals surface area contributed by atoms with Crippen LogP contribution in [0, 0.1) is 11.3 Å². The Balaban J connectivity index is 2.45. The second-order valence-corrected chi connectivity index (χ2v) is 5.23. The smallest absolute Gasteiger partial charge is 0.335 e. The van der Waals surface area contributed by atoms with Crippen molar-refractivity contribution in [3.05, 3.63) is 70.7 Å². The van der Waals surface area contributed by atoms with Crippen LogP contribution >= 0.6 is 11.6 Å². The maximum Gasteiger partial charge on any atom is 0.335 e. The zero-order chi connectivity index (χ0) is 15.7. The Bertz CT molecular complexity index is 941. The van der Waals surface area contributed by atoms with Crippen LogP contribution in [0.4, 0.5) is 0 Å². The first-order valence-electron chi connectivity index (χ1n) is 6.57. The van der Waals surface area contributed by atoms with Crippen LogP contribution in [-0.2, 0) is 0 Å². The highest BCUT2D eigenvalue weighted by atomic mass is 35.5. The number of nitrogens with zero attached hydrogens (tertiary/aromatic N) is 1. The van der Waals surface area contributed by atoms with E-state index < -0.39 is 5.97 Å². The van der Waals surface area contributed by atoms with Gasteiger partial charge in [-0.3, -0.25) is 0 Å². The van der Waals surface area contributed by atoms with Crippen molar-refractivity contribution in [3.8, 4) is 17.2 Å². The Morgan fingerprint density at radius 2 is 1.82 bits per heavy atom. The van der Waals surface area contributed by atoms with Gasteiger partial charge in [-0.25, -0.2) is 4.79 Å². The molecule has 3 aromatic rings. The van der Waals surface area contributed by atoms with Crippen LogP contribution in [0.15, 0.2) is 54.6 Å². The number of carboxylic acid groups (broad SMARTS) is 1. The molecule has 0 amide bonds. The van der Waals surface area contributed by atoms with E-state index in [1.165, 1.54) is 0 Å². The third-order valence-electron chi connectivity index (χ3n) is 3.53. The molecule has 0 atom stereocenters. The van der Waals surface area contributed by atoms with Gasteiger partial charge < -0.3 is 5.11 Å².